The molecule has 1 unspecified atom stereocenters. The lowest BCUT2D eigenvalue weighted by Gasteiger charge is -2.17. The Morgan fingerprint density at radius 2 is 1.73 bits per heavy atom. The summed E-state index contributed by atoms with van der Waals surface area (Å²) in [6, 6.07) is 20.6. The third-order valence-electron chi connectivity index (χ3n) is 4.64. The van der Waals surface area contributed by atoms with Gasteiger partial charge in [0.2, 0.25) is 0 Å². The van der Waals surface area contributed by atoms with E-state index in [1.807, 2.05) is 73.7 Å². The van der Waals surface area contributed by atoms with Crippen LogP contribution in [0.1, 0.15) is 30.7 Å². The van der Waals surface area contributed by atoms with Crippen LogP contribution >= 0.6 is 0 Å². The maximum absolute atomic E-state index is 12.1. The van der Waals surface area contributed by atoms with Crippen LogP contribution in [0.15, 0.2) is 71.1 Å². The number of methoxy groups -OCH3 is 1. The smallest absolute Gasteiger partial charge is 0.306 e. The first-order valence-corrected chi connectivity index (χ1v) is 9.79. The van der Waals surface area contributed by atoms with E-state index in [1.165, 1.54) is 0 Å². The second-order valence-corrected chi connectivity index (χ2v) is 6.82. The Balaban J connectivity index is 1.42. The number of benzene rings is 2. The number of para-hydroxylation sites is 1. The van der Waals surface area contributed by atoms with Crippen molar-refractivity contribution in [1.82, 2.24) is 5.32 Å². The maximum Gasteiger partial charge on any atom is 0.306 e. The molecule has 1 heterocycles. The average molecular weight is 407 g/mol. The van der Waals surface area contributed by atoms with E-state index in [4.69, 9.17) is 13.9 Å². The Morgan fingerprint density at radius 1 is 1.00 bits per heavy atom. The van der Waals surface area contributed by atoms with Crippen LogP contribution in [0, 0.1) is 0 Å². The van der Waals surface area contributed by atoms with E-state index in [0.29, 0.717) is 17.9 Å². The molecular formula is C24H25NO5. The number of esters is 1. The molecule has 0 bridgehead atoms. The molecule has 2 aromatic carbocycles. The van der Waals surface area contributed by atoms with Crippen LogP contribution in [0.2, 0.25) is 0 Å². The number of hydrogen-bond donors (Lipinski definition) is 1. The molecule has 30 heavy (non-hydrogen) atoms. The lowest BCUT2D eigenvalue weighted by Crippen LogP contribution is -2.31. The van der Waals surface area contributed by atoms with Crippen molar-refractivity contribution >= 4 is 11.9 Å². The molecule has 0 radical (unpaired) electrons. The summed E-state index contributed by atoms with van der Waals surface area (Å²) in [5.41, 5.74) is 1.83. The van der Waals surface area contributed by atoms with Crippen molar-refractivity contribution in [1.29, 1.82) is 0 Å². The summed E-state index contributed by atoms with van der Waals surface area (Å²) < 4.78 is 16.2. The highest BCUT2D eigenvalue weighted by atomic mass is 16.5. The van der Waals surface area contributed by atoms with Gasteiger partial charge in [-0.1, -0.05) is 48.5 Å². The van der Waals surface area contributed by atoms with Gasteiger partial charge in [0.1, 0.15) is 17.3 Å². The Kier molecular flexibility index (Phi) is 7.27. The number of carbonyl (C=O) groups is 2. The molecule has 1 N–H and O–H groups in total. The van der Waals surface area contributed by atoms with Crippen molar-refractivity contribution in [3.8, 4) is 17.1 Å². The van der Waals surface area contributed by atoms with E-state index in [0.717, 1.165) is 16.9 Å². The summed E-state index contributed by atoms with van der Waals surface area (Å²) in [4.78, 5) is 24.1. The van der Waals surface area contributed by atoms with Crippen molar-refractivity contribution in [2.75, 3.05) is 13.7 Å². The molecular weight excluding hydrogens is 382 g/mol. The molecule has 0 fully saturated rings. The molecule has 3 rings (SSSR count). The van der Waals surface area contributed by atoms with E-state index in [-0.39, 0.29) is 25.0 Å². The minimum atomic E-state index is -0.451. The lowest BCUT2D eigenvalue weighted by molar-refractivity contribution is -0.148. The highest BCUT2D eigenvalue weighted by Crippen LogP contribution is 2.24. The summed E-state index contributed by atoms with van der Waals surface area (Å²) in [6.45, 7) is 1.52. The average Bonchev–Trinajstić information content (AvgIpc) is 3.26. The lowest BCUT2D eigenvalue weighted by atomic mass is 10.1. The van der Waals surface area contributed by atoms with Gasteiger partial charge < -0.3 is 19.2 Å². The van der Waals surface area contributed by atoms with Gasteiger partial charge in [0, 0.05) is 17.5 Å². The number of furan rings is 1. The standard InChI is InChI=1S/C24H25NO5/c1-17(20-10-6-7-11-22(20)28-2)25-23(26)16-29-24(27)15-13-19-12-14-21(30-19)18-8-4-3-5-9-18/h3-12,14,17H,13,15-16H2,1-2H3,(H,25,26). The van der Waals surface area contributed by atoms with Gasteiger partial charge in [-0.2, -0.15) is 0 Å². The fourth-order valence-electron chi connectivity index (χ4n) is 3.10. The third-order valence-corrected chi connectivity index (χ3v) is 4.64. The number of amides is 1. The zero-order valence-corrected chi connectivity index (χ0v) is 17.1. The zero-order valence-electron chi connectivity index (χ0n) is 17.1. The molecule has 0 aliphatic heterocycles. The normalized spacial score (nSPS) is 11.5. The van der Waals surface area contributed by atoms with E-state index >= 15 is 0 Å². The molecule has 0 aliphatic carbocycles. The third kappa shape index (κ3) is 5.73. The summed E-state index contributed by atoms with van der Waals surface area (Å²) in [6.07, 6.45) is 0.544. The highest BCUT2D eigenvalue weighted by molar-refractivity contribution is 5.81. The summed E-state index contributed by atoms with van der Waals surface area (Å²) in [7, 11) is 1.58. The SMILES string of the molecule is COc1ccccc1C(C)NC(=O)COC(=O)CCc1ccc(-c2ccccc2)o1. The van der Waals surface area contributed by atoms with Crippen molar-refractivity contribution < 1.29 is 23.5 Å². The number of nitrogens with one attached hydrogen (secondary N) is 1. The largest absolute Gasteiger partial charge is 0.496 e. The van der Waals surface area contributed by atoms with Gasteiger partial charge in [-0.25, -0.2) is 0 Å². The highest BCUT2D eigenvalue weighted by Gasteiger charge is 2.15. The van der Waals surface area contributed by atoms with Crippen LogP contribution in [-0.4, -0.2) is 25.6 Å². The Morgan fingerprint density at radius 3 is 2.50 bits per heavy atom. The van der Waals surface area contributed by atoms with Gasteiger partial charge in [0.05, 0.1) is 19.6 Å². The van der Waals surface area contributed by atoms with Crippen LogP contribution in [0.4, 0.5) is 0 Å². The van der Waals surface area contributed by atoms with Crippen molar-refractivity contribution in [3.05, 3.63) is 78.1 Å². The quantitative estimate of drug-likeness (QED) is 0.535. The topological polar surface area (TPSA) is 77.8 Å². The molecule has 156 valence electrons. The van der Waals surface area contributed by atoms with E-state index in [1.54, 1.807) is 7.11 Å². The molecule has 0 aliphatic rings. The fourth-order valence-corrected chi connectivity index (χ4v) is 3.10. The predicted octanol–water partition coefficient (Wildman–Crippen LogP) is 4.31. The second-order valence-electron chi connectivity index (χ2n) is 6.82. The van der Waals surface area contributed by atoms with Crippen LogP contribution < -0.4 is 10.1 Å². The van der Waals surface area contributed by atoms with Crippen molar-refractivity contribution in [3.63, 3.8) is 0 Å². The maximum atomic E-state index is 12.1. The minimum absolute atomic E-state index is 0.136. The van der Waals surface area contributed by atoms with Gasteiger partial charge in [0.15, 0.2) is 6.61 Å². The zero-order chi connectivity index (χ0) is 21.3. The molecule has 1 amide bonds. The molecule has 3 aromatic rings. The van der Waals surface area contributed by atoms with Crippen LogP contribution in [0.25, 0.3) is 11.3 Å². The minimum Gasteiger partial charge on any atom is -0.496 e. The van der Waals surface area contributed by atoms with Crippen LogP contribution in [0.5, 0.6) is 5.75 Å². The number of aryl methyl sites for hydroxylation is 1. The Bertz CT molecular complexity index is 980. The van der Waals surface area contributed by atoms with Gasteiger partial charge in [-0.3, -0.25) is 9.59 Å². The van der Waals surface area contributed by atoms with Crippen molar-refractivity contribution in [2.45, 2.75) is 25.8 Å². The van der Waals surface area contributed by atoms with E-state index in [9.17, 15) is 9.59 Å². The molecule has 6 heteroatoms. The number of ether oxygens (including phenoxy) is 2. The van der Waals surface area contributed by atoms with Gasteiger partial charge in [-0.15, -0.1) is 0 Å². The Labute approximate surface area is 175 Å². The van der Waals surface area contributed by atoms with Gasteiger partial charge in [0.25, 0.3) is 5.91 Å². The molecule has 6 nitrogen and oxygen atoms in total. The summed E-state index contributed by atoms with van der Waals surface area (Å²) in [5, 5.41) is 2.81. The number of hydrogen-bond acceptors (Lipinski definition) is 5. The predicted molar refractivity (Wildman–Crippen MR) is 113 cm³/mol. The first-order valence-electron chi connectivity index (χ1n) is 9.79. The molecule has 0 spiro atoms. The first kappa shape index (κ1) is 21.2. The van der Waals surface area contributed by atoms with E-state index < -0.39 is 5.97 Å². The van der Waals surface area contributed by atoms with Gasteiger partial charge in [-0.05, 0) is 25.1 Å². The first-order chi connectivity index (χ1) is 14.6. The van der Waals surface area contributed by atoms with Gasteiger partial charge >= 0.3 is 5.97 Å². The monoisotopic (exact) mass is 407 g/mol. The molecule has 1 aromatic heterocycles. The fraction of sp³-hybridized carbons (Fsp3) is 0.250. The molecule has 0 saturated carbocycles. The second kappa shape index (κ2) is 10.3. The summed E-state index contributed by atoms with van der Waals surface area (Å²) in [5.74, 6) is 1.32. The number of carbonyl (C=O) groups excluding carboxylic acids is 2. The Hall–Kier alpha value is -3.54. The van der Waals surface area contributed by atoms with Crippen molar-refractivity contribution in [2.24, 2.45) is 0 Å². The van der Waals surface area contributed by atoms with E-state index in [2.05, 4.69) is 5.32 Å². The molecule has 1 atom stereocenters. The molecule has 0 saturated heterocycles. The van der Waals surface area contributed by atoms with Crippen LogP contribution in [-0.2, 0) is 20.7 Å². The number of rotatable bonds is 9. The van der Waals surface area contributed by atoms with Crippen LogP contribution in [0.3, 0.4) is 0 Å². The summed E-state index contributed by atoms with van der Waals surface area (Å²) >= 11 is 0.